The lowest BCUT2D eigenvalue weighted by Gasteiger charge is -2.47. The zero-order chi connectivity index (χ0) is 14.0. The van der Waals surface area contributed by atoms with Crippen LogP contribution in [-0.4, -0.2) is 43.9 Å². The number of esters is 1. The average Bonchev–Trinajstić information content (AvgIpc) is 2.46. The highest BCUT2D eigenvalue weighted by molar-refractivity contribution is 5.87. The quantitative estimate of drug-likeness (QED) is 0.789. The van der Waals surface area contributed by atoms with Gasteiger partial charge in [-0.25, -0.2) is 9.78 Å². The highest BCUT2D eigenvalue weighted by Gasteiger charge is 2.41. The minimum atomic E-state index is -0.352. The smallest absolute Gasteiger partial charge is 0.356 e. The fourth-order valence-corrected chi connectivity index (χ4v) is 2.81. The van der Waals surface area contributed by atoms with Gasteiger partial charge in [0.25, 0.3) is 0 Å². The highest BCUT2D eigenvalue weighted by Crippen LogP contribution is 2.39. The van der Waals surface area contributed by atoms with E-state index in [2.05, 4.69) is 9.88 Å². The Morgan fingerprint density at radius 2 is 2.15 bits per heavy atom. The Morgan fingerprint density at radius 1 is 1.40 bits per heavy atom. The minimum Gasteiger partial charge on any atom is -0.461 e. The molecule has 1 spiro atoms. The van der Waals surface area contributed by atoms with Crippen LogP contribution in [0.15, 0.2) is 18.2 Å². The molecule has 2 aliphatic rings. The van der Waals surface area contributed by atoms with Gasteiger partial charge < -0.3 is 14.4 Å². The summed E-state index contributed by atoms with van der Waals surface area (Å²) in [4.78, 5) is 18.4. The maximum Gasteiger partial charge on any atom is 0.356 e. The number of anilines is 1. The van der Waals surface area contributed by atoms with E-state index in [9.17, 15) is 4.79 Å². The molecule has 2 saturated heterocycles. The maximum absolute atomic E-state index is 11.7. The van der Waals surface area contributed by atoms with Crippen molar-refractivity contribution >= 4 is 11.8 Å². The Labute approximate surface area is 118 Å². The second-order valence-corrected chi connectivity index (χ2v) is 5.58. The third kappa shape index (κ3) is 2.50. The van der Waals surface area contributed by atoms with Gasteiger partial charge in [0.05, 0.1) is 19.8 Å². The second kappa shape index (κ2) is 5.40. The van der Waals surface area contributed by atoms with Crippen LogP contribution in [0.3, 0.4) is 0 Å². The number of ether oxygens (including phenoxy) is 2. The van der Waals surface area contributed by atoms with Crippen molar-refractivity contribution in [3.63, 3.8) is 0 Å². The maximum atomic E-state index is 11.7. The monoisotopic (exact) mass is 276 g/mol. The van der Waals surface area contributed by atoms with Crippen LogP contribution in [0.25, 0.3) is 0 Å². The standard InChI is InChI=1S/C15H20N2O3/c1-2-20-14(18)12-4-3-5-13(16-12)17-8-6-15(7-9-17)10-19-11-15/h3-5H,2,6-11H2,1H3. The van der Waals surface area contributed by atoms with Gasteiger partial charge >= 0.3 is 5.97 Å². The van der Waals surface area contributed by atoms with Gasteiger partial charge in [-0.3, -0.25) is 0 Å². The molecule has 1 aromatic rings. The van der Waals surface area contributed by atoms with Crippen molar-refractivity contribution in [3.8, 4) is 0 Å². The summed E-state index contributed by atoms with van der Waals surface area (Å²) in [6.07, 6.45) is 2.27. The highest BCUT2D eigenvalue weighted by atomic mass is 16.5. The number of hydrogen-bond donors (Lipinski definition) is 0. The molecule has 108 valence electrons. The van der Waals surface area contributed by atoms with Crippen molar-refractivity contribution in [3.05, 3.63) is 23.9 Å². The van der Waals surface area contributed by atoms with Gasteiger partial charge in [-0.15, -0.1) is 0 Å². The van der Waals surface area contributed by atoms with Gasteiger partial charge in [0.15, 0.2) is 5.69 Å². The summed E-state index contributed by atoms with van der Waals surface area (Å²) in [5.41, 5.74) is 0.798. The van der Waals surface area contributed by atoms with E-state index in [-0.39, 0.29) is 5.97 Å². The topological polar surface area (TPSA) is 51.7 Å². The molecule has 5 nitrogen and oxygen atoms in total. The molecule has 3 heterocycles. The van der Waals surface area contributed by atoms with Gasteiger partial charge in [-0.1, -0.05) is 6.07 Å². The fraction of sp³-hybridized carbons (Fsp3) is 0.600. The molecule has 20 heavy (non-hydrogen) atoms. The lowest BCUT2D eigenvalue weighted by Crippen LogP contribution is -2.51. The van der Waals surface area contributed by atoms with Crippen LogP contribution in [-0.2, 0) is 9.47 Å². The van der Waals surface area contributed by atoms with Gasteiger partial charge in [-0.05, 0) is 31.9 Å². The van der Waals surface area contributed by atoms with E-state index in [0.29, 0.717) is 17.7 Å². The Kier molecular flexibility index (Phi) is 3.61. The molecule has 0 radical (unpaired) electrons. The molecule has 0 amide bonds. The first kappa shape index (κ1) is 13.4. The molecule has 5 heteroatoms. The Balaban J connectivity index is 1.68. The third-order valence-electron chi connectivity index (χ3n) is 4.18. The van der Waals surface area contributed by atoms with Crippen molar-refractivity contribution in [1.29, 1.82) is 0 Å². The number of piperidine rings is 1. The first-order chi connectivity index (χ1) is 9.72. The van der Waals surface area contributed by atoms with Crippen molar-refractivity contribution in [1.82, 2.24) is 4.98 Å². The van der Waals surface area contributed by atoms with Gasteiger partial charge in [0.2, 0.25) is 0 Å². The summed E-state index contributed by atoms with van der Waals surface area (Å²) in [5.74, 6) is 0.515. The molecule has 2 fully saturated rings. The van der Waals surface area contributed by atoms with Crippen LogP contribution < -0.4 is 4.90 Å². The van der Waals surface area contributed by atoms with E-state index in [1.54, 1.807) is 13.0 Å². The summed E-state index contributed by atoms with van der Waals surface area (Å²) < 4.78 is 10.3. The molecule has 1 aromatic heterocycles. The normalized spacial score (nSPS) is 20.6. The van der Waals surface area contributed by atoms with Crippen molar-refractivity contribution in [2.24, 2.45) is 5.41 Å². The van der Waals surface area contributed by atoms with E-state index in [0.717, 1.165) is 45.0 Å². The molecule has 0 aromatic carbocycles. The molecule has 0 atom stereocenters. The molecule has 0 unspecified atom stereocenters. The van der Waals surface area contributed by atoms with E-state index < -0.39 is 0 Å². The van der Waals surface area contributed by atoms with E-state index in [1.807, 2.05) is 12.1 Å². The lowest BCUT2D eigenvalue weighted by molar-refractivity contribution is -0.124. The molecule has 0 N–H and O–H groups in total. The van der Waals surface area contributed by atoms with Crippen LogP contribution in [0.1, 0.15) is 30.3 Å². The number of hydrogen-bond acceptors (Lipinski definition) is 5. The van der Waals surface area contributed by atoms with Crippen LogP contribution in [0.4, 0.5) is 5.82 Å². The largest absolute Gasteiger partial charge is 0.461 e. The predicted octanol–water partition coefficient (Wildman–Crippen LogP) is 1.88. The summed E-state index contributed by atoms with van der Waals surface area (Å²) in [5, 5.41) is 0. The minimum absolute atomic E-state index is 0.352. The second-order valence-electron chi connectivity index (χ2n) is 5.58. The lowest BCUT2D eigenvalue weighted by atomic mass is 9.77. The number of carbonyl (C=O) groups excluding carboxylic acids is 1. The molecule has 3 rings (SSSR count). The van der Waals surface area contributed by atoms with Gasteiger partial charge in [0.1, 0.15) is 5.82 Å². The first-order valence-electron chi connectivity index (χ1n) is 7.19. The van der Waals surface area contributed by atoms with Crippen LogP contribution >= 0.6 is 0 Å². The van der Waals surface area contributed by atoms with Gasteiger partial charge in [-0.2, -0.15) is 0 Å². The predicted molar refractivity (Wildman–Crippen MR) is 74.9 cm³/mol. The van der Waals surface area contributed by atoms with Crippen LogP contribution in [0, 0.1) is 5.41 Å². The fourth-order valence-electron chi connectivity index (χ4n) is 2.81. The first-order valence-corrected chi connectivity index (χ1v) is 7.19. The number of aromatic nitrogens is 1. The SMILES string of the molecule is CCOC(=O)c1cccc(N2CCC3(CC2)COC3)n1. The number of rotatable bonds is 3. The Hall–Kier alpha value is -1.62. The summed E-state index contributed by atoms with van der Waals surface area (Å²) in [7, 11) is 0. The molecule has 0 aliphatic carbocycles. The van der Waals surface area contributed by atoms with Gasteiger partial charge in [0, 0.05) is 18.5 Å². The average molecular weight is 276 g/mol. The molecular formula is C15H20N2O3. The summed E-state index contributed by atoms with van der Waals surface area (Å²) >= 11 is 0. The summed E-state index contributed by atoms with van der Waals surface area (Å²) in [6.45, 7) is 5.92. The van der Waals surface area contributed by atoms with Crippen LogP contribution in [0.5, 0.6) is 0 Å². The Morgan fingerprint density at radius 3 is 2.75 bits per heavy atom. The van der Waals surface area contributed by atoms with E-state index in [1.165, 1.54) is 0 Å². The molecule has 2 aliphatic heterocycles. The molecular weight excluding hydrogens is 256 g/mol. The van der Waals surface area contributed by atoms with Crippen molar-refractivity contribution < 1.29 is 14.3 Å². The number of nitrogens with zero attached hydrogens (tertiary/aromatic N) is 2. The number of pyridine rings is 1. The van der Waals surface area contributed by atoms with E-state index >= 15 is 0 Å². The molecule has 0 saturated carbocycles. The van der Waals surface area contributed by atoms with Crippen molar-refractivity contribution in [2.75, 3.05) is 37.8 Å². The van der Waals surface area contributed by atoms with Crippen molar-refractivity contribution in [2.45, 2.75) is 19.8 Å². The molecule has 0 bridgehead atoms. The third-order valence-corrected chi connectivity index (χ3v) is 4.18. The summed E-state index contributed by atoms with van der Waals surface area (Å²) in [6, 6.07) is 5.52. The Bertz CT molecular complexity index is 490. The van der Waals surface area contributed by atoms with E-state index in [4.69, 9.17) is 9.47 Å². The zero-order valence-electron chi connectivity index (χ0n) is 11.8. The number of carbonyl (C=O) groups is 1. The zero-order valence-corrected chi connectivity index (χ0v) is 11.8. The van der Waals surface area contributed by atoms with Crippen LogP contribution in [0.2, 0.25) is 0 Å².